The van der Waals surface area contributed by atoms with Crippen molar-refractivity contribution >= 4 is 23.2 Å². The maximum absolute atomic E-state index is 12.5. The molecule has 5 nitrogen and oxygen atoms in total. The lowest BCUT2D eigenvalue weighted by Crippen LogP contribution is -2.28. The van der Waals surface area contributed by atoms with Gasteiger partial charge in [0.1, 0.15) is 12.4 Å². The Balaban J connectivity index is 1.61. The van der Waals surface area contributed by atoms with Crippen molar-refractivity contribution in [3.63, 3.8) is 0 Å². The lowest BCUT2D eigenvalue weighted by atomic mass is 10.1. The summed E-state index contributed by atoms with van der Waals surface area (Å²) in [6, 6.07) is 14.9. The molecule has 0 radical (unpaired) electrons. The van der Waals surface area contributed by atoms with E-state index in [-0.39, 0.29) is 24.2 Å². The Bertz CT molecular complexity index is 797. The van der Waals surface area contributed by atoms with Crippen molar-refractivity contribution in [1.29, 1.82) is 0 Å². The number of carbonyl (C=O) groups excluding carboxylic acids is 2. The van der Waals surface area contributed by atoms with Crippen LogP contribution in [0.5, 0.6) is 5.75 Å². The normalized spacial score (nSPS) is 16.4. The van der Waals surface area contributed by atoms with Crippen LogP contribution in [0.2, 0.25) is 0 Å². The van der Waals surface area contributed by atoms with Crippen LogP contribution >= 0.6 is 0 Å². The van der Waals surface area contributed by atoms with Crippen molar-refractivity contribution in [2.75, 3.05) is 23.4 Å². The predicted molar refractivity (Wildman–Crippen MR) is 102 cm³/mol. The van der Waals surface area contributed by atoms with E-state index < -0.39 is 0 Å². The van der Waals surface area contributed by atoms with E-state index in [0.29, 0.717) is 24.6 Å². The van der Waals surface area contributed by atoms with E-state index >= 15 is 0 Å². The zero-order valence-electron chi connectivity index (χ0n) is 14.8. The van der Waals surface area contributed by atoms with Crippen LogP contribution in [0.15, 0.2) is 61.2 Å². The van der Waals surface area contributed by atoms with Gasteiger partial charge in [0.25, 0.3) is 0 Å². The summed E-state index contributed by atoms with van der Waals surface area (Å²) in [4.78, 5) is 26.5. The Morgan fingerprint density at radius 1 is 1.23 bits per heavy atom. The van der Waals surface area contributed by atoms with Gasteiger partial charge in [-0.3, -0.25) is 9.59 Å². The average molecular weight is 350 g/mol. The summed E-state index contributed by atoms with van der Waals surface area (Å²) in [7, 11) is 0. The Morgan fingerprint density at radius 3 is 2.58 bits per heavy atom. The van der Waals surface area contributed by atoms with Crippen LogP contribution in [-0.2, 0) is 9.59 Å². The number of ether oxygens (including phenoxy) is 1. The first kappa shape index (κ1) is 17.7. The fraction of sp³-hybridized carbons (Fsp3) is 0.238. The first-order valence-corrected chi connectivity index (χ1v) is 8.58. The lowest BCUT2D eigenvalue weighted by molar-refractivity contribution is -0.122. The number of aryl methyl sites for hydroxylation is 1. The molecule has 0 unspecified atom stereocenters. The number of carbonyl (C=O) groups is 2. The monoisotopic (exact) mass is 350 g/mol. The summed E-state index contributed by atoms with van der Waals surface area (Å²) >= 11 is 0. The van der Waals surface area contributed by atoms with Gasteiger partial charge in [0.15, 0.2) is 0 Å². The third kappa shape index (κ3) is 4.11. The number of hydrogen-bond acceptors (Lipinski definition) is 3. The third-order valence-corrected chi connectivity index (χ3v) is 4.33. The molecule has 0 saturated carbocycles. The van der Waals surface area contributed by atoms with Gasteiger partial charge in [-0.05, 0) is 43.3 Å². The predicted octanol–water partition coefficient (Wildman–Crippen LogP) is 3.55. The highest BCUT2D eigenvalue weighted by molar-refractivity contribution is 6.03. The third-order valence-electron chi connectivity index (χ3n) is 4.33. The van der Waals surface area contributed by atoms with Gasteiger partial charge >= 0.3 is 0 Å². The Morgan fingerprint density at radius 2 is 1.92 bits per heavy atom. The first-order valence-electron chi connectivity index (χ1n) is 8.58. The van der Waals surface area contributed by atoms with E-state index in [9.17, 15) is 9.59 Å². The maximum atomic E-state index is 12.5. The molecule has 5 heteroatoms. The van der Waals surface area contributed by atoms with E-state index in [1.54, 1.807) is 35.2 Å². The average Bonchev–Trinajstić information content (AvgIpc) is 3.04. The molecule has 134 valence electrons. The zero-order valence-corrected chi connectivity index (χ0v) is 14.8. The van der Waals surface area contributed by atoms with Gasteiger partial charge in [0.2, 0.25) is 11.8 Å². The molecule has 3 rings (SSSR count). The minimum atomic E-state index is -0.361. The number of nitrogens with one attached hydrogen (secondary N) is 1. The van der Waals surface area contributed by atoms with E-state index in [2.05, 4.69) is 11.9 Å². The SMILES string of the molecule is C=CCOc1ccc(NC(=O)[C@H]2CC(=O)N(c3ccc(C)cc3)C2)cc1. The Labute approximate surface area is 153 Å². The fourth-order valence-electron chi connectivity index (χ4n) is 2.89. The number of rotatable bonds is 6. The summed E-state index contributed by atoms with van der Waals surface area (Å²) in [6.07, 6.45) is 1.90. The Hall–Kier alpha value is -3.08. The minimum Gasteiger partial charge on any atom is -0.490 e. The second kappa shape index (κ2) is 7.87. The van der Waals surface area contributed by atoms with Crippen molar-refractivity contribution in [2.24, 2.45) is 5.92 Å². The van der Waals surface area contributed by atoms with Crippen LogP contribution in [0.1, 0.15) is 12.0 Å². The van der Waals surface area contributed by atoms with Crippen LogP contribution in [-0.4, -0.2) is 25.0 Å². The Kier molecular flexibility index (Phi) is 5.37. The van der Waals surface area contributed by atoms with E-state index in [0.717, 1.165) is 11.3 Å². The van der Waals surface area contributed by atoms with Crippen molar-refractivity contribution in [3.8, 4) is 5.75 Å². The molecule has 26 heavy (non-hydrogen) atoms. The number of anilines is 2. The summed E-state index contributed by atoms with van der Waals surface area (Å²) in [5, 5.41) is 2.88. The summed E-state index contributed by atoms with van der Waals surface area (Å²) in [6.45, 7) is 6.43. The maximum Gasteiger partial charge on any atom is 0.229 e. The van der Waals surface area contributed by atoms with Gasteiger partial charge in [-0.2, -0.15) is 0 Å². The molecule has 2 aromatic rings. The largest absolute Gasteiger partial charge is 0.490 e. The van der Waals surface area contributed by atoms with Crippen LogP contribution in [0.3, 0.4) is 0 Å². The van der Waals surface area contributed by atoms with Crippen molar-refractivity contribution in [1.82, 2.24) is 0 Å². The highest BCUT2D eigenvalue weighted by Gasteiger charge is 2.35. The van der Waals surface area contributed by atoms with Crippen LogP contribution in [0.4, 0.5) is 11.4 Å². The molecule has 0 aliphatic carbocycles. The molecule has 2 amide bonds. The zero-order chi connectivity index (χ0) is 18.5. The smallest absolute Gasteiger partial charge is 0.229 e. The molecule has 0 aromatic heterocycles. The van der Waals surface area contributed by atoms with Crippen molar-refractivity contribution in [2.45, 2.75) is 13.3 Å². The molecule has 0 spiro atoms. The fourth-order valence-corrected chi connectivity index (χ4v) is 2.89. The first-order chi connectivity index (χ1) is 12.6. The quantitative estimate of drug-likeness (QED) is 0.811. The number of nitrogens with zero attached hydrogens (tertiary/aromatic N) is 1. The molecular weight excluding hydrogens is 328 g/mol. The highest BCUT2D eigenvalue weighted by Crippen LogP contribution is 2.26. The molecule has 2 aromatic carbocycles. The minimum absolute atomic E-state index is 0.0258. The van der Waals surface area contributed by atoms with Gasteiger partial charge < -0.3 is 15.0 Å². The summed E-state index contributed by atoms with van der Waals surface area (Å²) in [5.74, 6) is 0.180. The van der Waals surface area contributed by atoms with Crippen LogP contribution in [0.25, 0.3) is 0 Å². The van der Waals surface area contributed by atoms with E-state index in [4.69, 9.17) is 4.74 Å². The van der Waals surface area contributed by atoms with Crippen LogP contribution < -0.4 is 15.0 Å². The second-order valence-corrected chi connectivity index (χ2v) is 6.35. The van der Waals surface area contributed by atoms with Gasteiger partial charge in [0.05, 0.1) is 5.92 Å². The van der Waals surface area contributed by atoms with Crippen molar-refractivity contribution in [3.05, 3.63) is 66.7 Å². The number of benzene rings is 2. The standard InChI is InChI=1S/C21H22N2O3/c1-3-12-26-19-10-6-17(7-11-19)22-21(25)16-13-20(24)23(14-16)18-8-4-15(2)5-9-18/h3-11,16H,1,12-14H2,2H3,(H,22,25)/t16-/m0/s1. The van der Waals surface area contributed by atoms with Gasteiger partial charge in [-0.25, -0.2) is 0 Å². The lowest BCUT2D eigenvalue weighted by Gasteiger charge is -2.17. The molecule has 1 aliphatic heterocycles. The molecule has 1 saturated heterocycles. The molecule has 1 aliphatic rings. The van der Waals surface area contributed by atoms with E-state index in [1.807, 2.05) is 31.2 Å². The summed E-state index contributed by atoms with van der Waals surface area (Å²) < 4.78 is 5.42. The van der Waals surface area contributed by atoms with Gasteiger partial charge in [-0.1, -0.05) is 30.4 Å². The van der Waals surface area contributed by atoms with E-state index in [1.165, 1.54) is 0 Å². The van der Waals surface area contributed by atoms with Crippen LogP contribution in [0, 0.1) is 12.8 Å². The highest BCUT2D eigenvalue weighted by atomic mass is 16.5. The molecular formula is C21H22N2O3. The molecule has 1 N–H and O–H groups in total. The van der Waals surface area contributed by atoms with Gasteiger partial charge in [0, 0.05) is 24.3 Å². The van der Waals surface area contributed by atoms with Gasteiger partial charge in [-0.15, -0.1) is 0 Å². The second-order valence-electron chi connectivity index (χ2n) is 6.35. The molecule has 1 atom stereocenters. The number of amides is 2. The number of hydrogen-bond donors (Lipinski definition) is 1. The van der Waals surface area contributed by atoms with Crippen molar-refractivity contribution < 1.29 is 14.3 Å². The molecule has 1 heterocycles. The molecule has 1 fully saturated rings. The molecule has 0 bridgehead atoms. The topological polar surface area (TPSA) is 58.6 Å². The summed E-state index contributed by atoms with van der Waals surface area (Å²) in [5.41, 5.74) is 2.65.